The Balaban J connectivity index is 2.74. The highest BCUT2D eigenvalue weighted by atomic mass is 16.1. The summed E-state index contributed by atoms with van der Waals surface area (Å²) in [5.74, 6) is 1.46. The van der Waals surface area contributed by atoms with Crippen molar-refractivity contribution in [3.63, 3.8) is 0 Å². The van der Waals surface area contributed by atoms with Crippen LogP contribution in [0.1, 0.15) is 59.8 Å². The molecule has 0 radical (unpaired) electrons. The first-order chi connectivity index (χ1) is 6.46. The zero-order valence-electron chi connectivity index (χ0n) is 10.1. The van der Waals surface area contributed by atoms with Crippen LogP contribution < -0.4 is 0 Å². The van der Waals surface area contributed by atoms with Crippen molar-refractivity contribution in [2.45, 2.75) is 59.8 Å². The lowest BCUT2D eigenvalue weighted by molar-refractivity contribution is -0.127. The molecule has 0 spiro atoms. The number of hydrogen-bond donors (Lipinski definition) is 0. The fraction of sp³-hybridized carbons (Fsp3) is 0.923. The zero-order valence-corrected chi connectivity index (χ0v) is 10.1. The van der Waals surface area contributed by atoms with Gasteiger partial charge in [-0.3, -0.25) is 4.79 Å². The molecule has 2 unspecified atom stereocenters. The third-order valence-electron chi connectivity index (χ3n) is 3.64. The molecule has 0 aliphatic heterocycles. The number of carbonyl (C=O) groups is 1. The Kier molecular flexibility index (Phi) is 3.74. The average molecular weight is 196 g/mol. The van der Waals surface area contributed by atoms with Gasteiger partial charge in [0.2, 0.25) is 0 Å². The number of hydrogen-bond acceptors (Lipinski definition) is 1. The normalized spacial score (nSPS) is 28.9. The van der Waals surface area contributed by atoms with Gasteiger partial charge in [-0.2, -0.15) is 0 Å². The van der Waals surface area contributed by atoms with E-state index in [9.17, 15) is 4.79 Å². The molecule has 1 saturated carbocycles. The molecule has 0 amide bonds. The lowest BCUT2D eigenvalue weighted by atomic mass is 9.65. The summed E-state index contributed by atoms with van der Waals surface area (Å²) >= 11 is 0. The van der Waals surface area contributed by atoms with E-state index in [1.165, 1.54) is 19.3 Å². The molecule has 2 atom stereocenters. The van der Waals surface area contributed by atoms with E-state index in [2.05, 4.69) is 20.8 Å². The van der Waals surface area contributed by atoms with Crippen LogP contribution in [-0.4, -0.2) is 5.78 Å². The minimum atomic E-state index is 0.302. The molecule has 0 heterocycles. The molecule has 0 aromatic rings. The number of rotatable bonds is 2. The summed E-state index contributed by atoms with van der Waals surface area (Å²) in [4.78, 5) is 11.8. The Morgan fingerprint density at radius 3 is 2.29 bits per heavy atom. The lowest BCUT2D eigenvalue weighted by Crippen LogP contribution is -2.35. The van der Waals surface area contributed by atoms with E-state index in [4.69, 9.17) is 0 Å². The first-order valence-corrected chi connectivity index (χ1v) is 5.99. The van der Waals surface area contributed by atoms with Crippen molar-refractivity contribution in [1.82, 2.24) is 0 Å². The Labute approximate surface area is 88.3 Å². The van der Waals surface area contributed by atoms with Gasteiger partial charge in [-0.05, 0) is 24.2 Å². The van der Waals surface area contributed by atoms with Gasteiger partial charge < -0.3 is 0 Å². The van der Waals surface area contributed by atoms with E-state index in [0.717, 1.165) is 12.8 Å². The van der Waals surface area contributed by atoms with Crippen molar-refractivity contribution < 1.29 is 4.79 Å². The summed E-state index contributed by atoms with van der Waals surface area (Å²) in [7, 11) is 0. The standard InChI is InChI=1S/C13H24O/c1-5-12(14)10-8-6-7-9-11(10)13(2,3)4/h10-11H,5-9H2,1-4H3. The summed E-state index contributed by atoms with van der Waals surface area (Å²) in [5, 5.41) is 0. The molecule has 0 bridgehead atoms. The first-order valence-electron chi connectivity index (χ1n) is 5.99. The predicted octanol–water partition coefficient (Wildman–Crippen LogP) is 3.82. The molecule has 1 aliphatic carbocycles. The van der Waals surface area contributed by atoms with Crippen LogP contribution >= 0.6 is 0 Å². The number of ketones is 1. The maximum absolute atomic E-state index is 11.8. The Hall–Kier alpha value is -0.330. The first kappa shape index (κ1) is 11.7. The van der Waals surface area contributed by atoms with Gasteiger partial charge in [-0.25, -0.2) is 0 Å². The van der Waals surface area contributed by atoms with Gasteiger partial charge >= 0.3 is 0 Å². The molecular formula is C13H24O. The molecule has 1 nitrogen and oxygen atoms in total. The van der Waals surface area contributed by atoms with Crippen LogP contribution in [0.3, 0.4) is 0 Å². The summed E-state index contributed by atoms with van der Waals surface area (Å²) in [5.41, 5.74) is 0.302. The molecule has 0 saturated heterocycles. The van der Waals surface area contributed by atoms with Crippen LogP contribution in [0.2, 0.25) is 0 Å². The van der Waals surface area contributed by atoms with Crippen molar-refractivity contribution in [2.24, 2.45) is 17.3 Å². The SMILES string of the molecule is CCC(=O)C1CCCCC1C(C)(C)C. The molecule has 1 heteroatoms. The Bertz CT molecular complexity index is 200. The molecule has 0 N–H and O–H groups in total. The lowest BCUT2D eigenvalue weighted by Gasteiger charge is -2.39. The van der Waals surface area contributed by atoms with Crippen LogP contribution in [0.4, 0.5) is 0 Å². The van der Waals surface area contributed by atoms with E-state index >= 15 is 0 Å². The Morgan fingerprint density at radius 1 is 1.21 bits per heavy atom. The van der Waals surface area contributed by atoms with Crippen LogP contribution in [0.15, 0.2) is 0 Å². The molecule has 82 valence electrons. The quantitative estimate of drug-likeness (QED) is 0.656. The van der Waals surface area contributed by atoms with Crippen LogP contribution in [0.25, 0.3) is 0 Å². The van der Waals surface area contributed by atoms with Gasteiger partial charge in [0.25, 0.3) is 0 Å². The van der Waals surface area contributed by atoms with Gasteiger partial charge in [-0.1, -0.05) is 40.5 Å². The fourth-order valence-electron chi connectivity index (χ4n) is 2.82. The van der Waals surface area contributed by atoms with Crippen molar-refractivity contribution in [1.29, 1.82) is 0 Å². The topological polar surface area (TPSA) is 17.1 Å². The molecule has 14 heavy (non-hydrogen) atoms. The van der Waals surface area contributed by atoms with Gasteiger partial charge in [0, 0.05) is 12.3 Å². The van der Waals surface area contributed by atoms with E-state index in [1.807, 2.05) is 6.92 Å². The predicted molar refractivity (Wildman–Crippen MR) is 60.2 cm³/mol. The van der Waals surface area contributed by atoms with Gasteiger partial charge in [0.15, 0.2) is 0 Å². The van der Waals surface area contributed by atoms with E-state index < -0.39 is 0 Å². The molecule has 1 rings (SSSR count). The highest BCUT2D eigenvalue weighted by Crippen LogP contribution is 2.42. The summed E-state index contributed by atoms with van der Waals surface area (Å²) < 4.78 is 0. The van der Waals surface area contributed by atoms with Crippen molar-refractivity contribution in [3.8, 4) is 0 Å². The van der Waals surface area contributed by atoms with E-state index in [0.29, 0.717) is 23.0 Å². The highest BCUT2D eigenvalue weighted by Gasteiger charge is 2.36. The zero-order chi connectivity index (χ0) is 10.8. The van der Waals surface area contributed by atoms with Crippen molar-refractivity contribution in [2.75, 3.05) is 0 Å². The van der Waals surface area contributed by atoms with Crippen LogP contribution in [-0.2, 0) is 4.79 Å². The van der Waals surface area contributed by atoms with E-state index in [1.54, 1.807) is 0 Å². The summed E-state index contributed by atoms with van der Waals surface area (Å²) in [6.07, 6.45) is 5.67. The van der Waals surface area contributed by atoms with Gasteiger partial charge in [0.05, 0.1) is 0 Å². The van der Waals surface area contributed by atoms with Crippen LogP contribution in [0.5, 0.6) is 0 Å². The summed E-state index contributed by atoms with van der Waals surface area (Å²) in [6, 6.07) is 0. The second kappa shape index (κ2) is 4.46. The molecule has 1 fully saturated rings. The minimum absolute atomic E-state index is 0.302. The number of Topliss-reactive ketones (excluding diaryl/α,β-unsaturated/α-hetero) is 1. The monoisotopic (exact) mass is 196 g/mol. The molecule has 1 aliphatic rings. The molecular weight excluding hydrogens is 172 g/mol. The Morgan fingerprint density at radius 2 is 1.79 bits per heavy atom. The molecule has 0 aromatic carbocycles. The fourth-order valence-corrected chi connectivity index (χ4v) is 2.82. The second-order valence-electron chi connectivity index (χ2n) is 5.68. The molecule has 0 aromatic heterocycles. The van der Waals surface area contributed by atoms with Crippen molar-refractivity contribution in [3.05, 3.63) is 0 Å². The largest absolute Gasteiger partial charge is 0.299 e. The third kappa shape index (κ3) is 2.59. The maximum atomic E-state index is 11.8. The van der Waals surface area contributed by atoms with Crippen molar-refractivity contribution >= 4 is 5.78 Å². The average Bonchev–Trinajstić information content (AvgIpc) is 2.15. The smallest absolute Gasteiger partial charge is 0.135 e. The minimum Gasteiger partial charge on any atom is -0.299 e. The number of carbonyl (C=O) groups excluding carboxylic acids is 1. The van der Waals surface area contributed by atoms with Crippen LogP contribution in [0, 0.1) is 17.3 Å². The highest BCUT2D eigenvalue weighted by molar-refractivity contribution is 5.81. The van der Waals surface area contributed by atoms with E-state index in [-0.39, 0.29) is 0 Å². The summed E-state index contributed by atoms with van der Waals surface area (Å²) in [6.45, 7) is 8.83. The second-order valence-corrected chi connectivity index (χ2v) is 5.68. The maximum Gasteiger partial charge on any atom is 0.135 e. The van der Waals surface area contributed by atoms with Gasteiger partial charge in [-0.15, -0.1) is 0 Å². The third-order valence-corrected chi connectivity index (χ3v) is 3.64. The van der Waals surface area contributed by atoms with Gasteiger partial charge in [0.1, 0.15) is 5.78 Å².